The summed E-state index contributed by atoms with van der Waals surface area (Å²) in [6.45, 7) is 1.06. The largest absolute Gasteiger partial charge is 0.493 e. The summed E-state index contributed by atoms with van der Waals surface area (Å²) in [7, 11) is 0. The van der Waals surface area contributed by atoms with Crippen molar-refractivity contribution in [2.24, 2.45) is 0 Å². The average molecular weight is 391 g/mol. The number of carbonyl (C=O) groups excluding carboxylic acids is 2. The molecule has 0 heterocycles. The van der Waals surface area contributed by atoms with E-state index in [1.807, 2.05) is 42.5 Å². The van der Waals surface area contributed by atoms with Crippen molar-refractivity contribution in [3.8, 4) is 5.75 Å². The highest BCUT2D eigenvalue weighted by molar-refractivity contribution is 9.10. The maximum Gasteiger partial charge on any atom is 0.252 e. The van der Waals surface area contributed by atoms with Crippen LogP contribution in [0.1, 0.15) is 16.8 Å². The standard InChI is InChI=1S/C18H19BrN2O3/c19-16-9-5-4-8-15(16)18(23)21-12-11-20-17(22)10-13-24-14-6-2-1-3-7-14/h1-9H,10-13H2,(H,20,22)(H,21,23). The Hall–Kier alpha value is -2.34. The predicted molar refractivity (Wildman–Crippen MR) is 96.0 cm³/mol. The van der Waals surface area contributed by atoms with Crippen molar-refractivity contribution < 1.29 is 14.3 Å². The summed E-state index contributed by atoms with van der Waals surface area (Å²) in [4.78, 5) is 23.7. The van der Waals surface area contributed by atoms with Crippen molar-refractivity contribution in [1.82, 2.24) is 10.6 Å². The molecule has 0 aliphatic rings. The molecule has 0 unspecified atom stereocenters. The Morgan fingerprint density at radius 3 is 2.33 bits per heavy atom. The van der Waals surface area contributed by atoms with Gasteiger partial charge in [-0.1, -0.05) is 30.3 Å². The zero-order chi connectivity index (χ0) is 17.2. The Morgan fingerprint density at radius 1 is 0.917 bits per heavy atom. The van der Waals surface area contributed by atoms with Crippen molar-refractivity contribution in [1.29, 1.82) is 0 Å². The van der Waals surface area contributed by atoms with Crippen molar-refractivity contribution in [2.45, 2.75) is 6.42 Å². The van der Waals surface area contributed by atoms with E-state index in [-0.39, 0.29) is 18.2 Å². The van der Waals surface area contributed by atoms with E-state index in [0.29, 0.717) is 25.3 Å². The molecule has 2 rings (SSSR count). The summed E-state index contributed by atoms with van der Waals surface area (Å²) in [6.07, 6.45) is 0.271. The third-order valence-corrected chi connectivity index (χ3v) is 3.88. The number of ether oxygens (including phenoxy) is 1. The van der Waals surface area contributed by atoms with E-state index in [1.54, 1.807) is 12.1 Å². The molecule has 0 radical (unpaired) electrons. The summed E-state index contributed by atoms with van der Waals surface area (Å²) in [6, 6.07) is 16.5. The third kappa shape index (κ3) is 6.04. The number of benzene rings is 2. The fraction of sp³-hybridized carbons (Fsp3) is 0.222. The maximum absolute atomic E-state index is 12.0. The lowest BCUT2D eigenvalue weighted by Crippen LogP contribution is -2.35. The van der Waals surface area contributed by atoms with Gasteiger partial charge >= 0.3 is 0 Å². The maximum atomic E-state index is 12.0. The molecule has 6 heteroatoms. The Kier molecular flexibility index (Phi) is 7.29. The normalized spacial score (nSPS) is 10.0. The van der Waals surface area contributed by atoms with Crippen molar-refractivity contribution in [3.05, 3.63) is 64.6 Å². The minimum absolute atomic E-state index is 0.110. The zero-order valence-corrected chi connectivity index (χ0v) is 14.7. The van der Waals surface area contributed by atoms with Crippen LogP contribution in [0.2, 0.25) is 0 Å². The Morgan fingerprint density at radius 2 is 1.58 bits per heavy atom. The molecule has 0 aliphatic heterocycles. The molecule has 2 aromatic rings. The summed E-state index contributed by atoms with van der Waals surface area (Å²) < 4.78 is 6.20. The second-order valence-corrected chi connectivity index (χ2v) is 5.85. The molecular weight excluding hydrogens is 372 g/mol. The van der Waals surface area contributed by atoms with Crippen LogP contribution < -0.4 is 15.4 Å². The van der Waals surface area contributed by atoms with Gasteiger partial charge in [0.1, 0.15) is 5.75 Å². The van der Waals surface area contributed by atoms with Gasteiger partial charge in [-0.15, -0.1) is 0 Å². The first kappa shape index (κ1) is 18.0. The smallest absolute Gasteiger partial charge is 0.252 e. The van der Waals surface area contributed by atoms with Gasteiger partial charge in [0.15, 0.2) is 0 Å². The van der Waals surface area contributed by atoms with Crippen LogP contribution in [0, 0.1) is 0 Å². The molecule has 126 valence electrons. The van der Waals surface area contributed by atoms with Crippen molar-refractivity contribution >= 4 is 27.7 Å². The van der Waals surface area contributed by atoms with Crippen molar-refractivity contribution in [3.63, 3.8) is 0 Å². The van der Waals surface area contributed by atoms with E-state index in [2.05, 4.69) is 26.6 Å². The minimum atomic E-state index is -0.177. The van der Waals surface area contributed by atoms with Gasteiger partial charge in [0.25, 0.3) is 5.91 Å². The van der Waals surface area contributed by atoms with Gasteiger partial charge in [0.2, 0.25) is 5.91 Å². The lowest BCUT2D eigenvalue weighted by Gasteiger charge is -2.09. The van der Waals surface area contributed by atoms with E-state index in [0.717, 1.165) is 10.2 Å². The highest BCUT2D eigenvalue weighted by Gasteiger charge is 2.08. The van der Waals surface area contributed by atoms with E-state index in [4.69, 9.17) is 4.74 Å². The summed E-state index contributed by atoms with van der Waals surface area (Å²) in [5.41, 5.74) is 0.570. The molecule has 5 nitrogen and oxygen atoms in total. The molecule has 0 bridgehead atoms. The van der Waals surface area contributed by atoms with Crippen LogP contribution in [0.4, 0.5) is 0 Å². The first-order valence-electron chi connectivity index (χ1n) is 7.64. The fourth-order valence-electron chi connectivity index (χ4n) is 1.99. The Bertz CT molecular complexity index is 677. The van der Waals surface area contributed by atoms with Crippen LogP contribution in [0.15, 0.2) is 59.1 Å². The second kappa shape index (κ2) is 9.72. The molecular formula is C18H19BrN2O3. The highest BCUT2D eigenvalue weighted by Crippen LogP contribution is 2.15. The monoisotopic (exact) mass is 390 g/mol. The van der Waals surface area contributed by atoms with E-state index < -0.39 is 0 Å². The molecule has 0 atom stereocenters. The molecule has 0 saturated heterocycles. The number of nitrogens with one attached hydrogen (secondary N) is 2. The molecule has 0 saturated carbocycles. The number of amides is 2. The Balaban J connectivity index is 1.59. The van der Waals surface area contributed by atoms with E-state index >= 15 is 0 Å². The van der Waals surface area contributed by atoms with Crippen LogP contribution in [-0.2, 0) is 4.79 Å². The number of hydrogen-bond donors (Lipinski definition) is 2. The quantitative estimate of drug-likeness (QED) is 0.680. The number of carbonyl (C=O) groups is 2. The first-order valence-corrected chi connectivity index (χ1v) is 8.43. The van der Waals surface area contributed by atoms with Gasteiger partial charge in [-0.05, 0) is 40.2 Å². The summed E-state index contributed by atoms with van der Waals surface area (Å²) in [5, 5.41) is 5.51. The highest BCUT2D eigenvalue weighted by atomic mass is 79.9. The van der Waals surface area contributed by atoms with Crippen LogP contribution in [0.3, 0.4) is 0 Å². The summed E-state index contributed by atoms with van der Waals surface area (Å²) >= 11 is 3.33. The van der Waals surface area contributed by atoms with E-state index in [9.17, 15) is 9.59 Å². The summed E-state index contributed by atoms with van der Waals surface area (Å²) in [5.74, 6) is 0.455. The second-order valence-electron chi connectivity index (χ2n) is 5.00. The van der Waals surface area contributed by atoms with Gasteiger partial charge in [-0.25, -0.2) is 0 Å². The lowest BCUT2D eigenvalue weighted by atomic mass is 10.2. The number of halogens is 1. The van der Waals surface area contributed by atoms with Crippen LogP contribution >= 0.6 is 15.9 Å². The molecule has 24 heavy (non-hydrogen) atoms. The van der Waals surface area contributed by atoms with Crippen molar-refractivity contribution in [2.75, 3.05) is 19.7 Å². The molecule has 0 spiro atoms. The van der Waals surface area contributed by atoms with Crippen LogP contribution in [0.5, 0.6) is 5.75 Å². The van der Waals surface area contributed by atoms with Gasteiger partial charge in [-0.2, -0.15) is 0 Å². The van der Waals surface area contributed by atoms with Gasteiger partial charge in [0, 0.05) is 17.6 Å². The molecule has 0 aromatic heterocycles. The topological polar surface area (TPSA) is 67.4 Å². The van der Waals surface area contributed by atoms with E-state index in [1.165, 1.54) is 0 Å². The third-order valence-electron chi connectivity index (χ3n) is 3.19. The SMILES string of the molecule is O=C(CCOc1ccccc1)NCCNC(=O)c1ccccc1Br. The minimum Gasteiger partial charge on any atom is -0.493 e. The molecule has 2 aromatic carbocycles. The Labute approximate surface area is 149 Å². The number of hydrogen-bond acceptors (Lipinski definition) is 3. The van der Waals surface area contributed by atoms with Gasteiger partial charge in [0.05, 0.1) is 18.6 Å². The van der Waals surface area contributed by atoms with Crippen LogP contribution in [-0.4, -0.2) is 31.5 Å². The predicted octanol–water partition coefficient (Wildman–Crippen LogP) is 2.76. The number of para-hydroxylation sites is 1. The van der Waals surface area contributed by atoms with Gasteiger partial charge < -0.3 is 15.4 Å². The molecule has 0 aliphatic carbocycles. The first-order chi connectivity index (χ1) is 11.7. The lowest BCUT2D eigenvalue weighted by molar-refractivity contribution is -0.121. The molecule has 2 N–H and O–H groups in total. The molecule has 2 amide bonds. The average Bonchev–Trinajstić information content (AvgIpc) is 2.60. The van der Waals surface area contributed by atoms with Gasteiger partial charge in [-0.3, -0.25) is 9.59 Å². The fourth-order valence-corrected chi connectivity index (χ4v) is 2.45. The number of rotatable bonds is 8. The van der Waals surface area contributed by atoms with Crippen LogP contribution in [0.25, 0.3) is 0 Å². The molecule has 0 fully saturated rings. The zero-order valence-electron chi connectivity index (χ0n) is 13.1.